The average molecular weight is 224 g/mol. The van der Waals surface area contributed by atoms with Gasteiger partial charge in [0.25, 0.3) is 0 Å². The Hall–Kier alpha value is -1.48. The number of anilines is 1. The smallest absolute Gasteiger partial charge is 0.335 e. The molecule has 1 aliphatic rings. The Morgan fingerprint density at radius 3 is 2.67 bits per heavy atom. The van der Waals surface area contributed by atoms with Gasteiger partial charge in [-0.3, -0.25) is 0 Å². The molecule has 1 saturated heterocycles. The SMILES string of the molecule is O=C1OCC/C1=C\Nc1ccc(Cl)cc1. The Balaban J connectivity index is 2.03. The van der Waals surface area contributed by atoms with Gasteiger partial charge in [0.15, 0.2) is 0 Å². The third-order valence-electron chi connectivity index (χ3n) is 2.12. The lowest BCUT2D eigenvalue weighted by atomic mass is 10.2. The average Bonchev–Trinajstić information content (AvgIpc) is 2.63. The molecule has 15 heavy (non-hydrogen) atoms. The molecule has 1 aromatic carbocycles. The number of hydrogen-bond acceptors (Lipinski definition) is 3. The van der Waals surface area contributed by atoms with Crippen molar-refractivity contribution < 1.29 is 9.53 Å². The number of esters is 1. The first-order valence-corrected chi connectivity index (χ1v) is 5.02. The van der Waals surface area contributed by atoms with E-state index in [1.807, 2.05) is 12.1 Å². The zero-order chi connectivity index (χ0) is 10.7. The van der Waals surface area contributed by atoms with E-state index in [2.05, 4.69) is 5.32 Å². The molecule has 0 spiro atoms. The van der Waals surface area contributed by atoms with E-state index in [1.165, 1.54) is 0 Å². The number of rotatable bonds is 2. The number of halogens is 1. The van der Waals surface area contributed by atoms with E-state index >= 15 is 0 Å². The molecule has 1 aliphatic heterocycles. The molecule has 0 aliphatic carbocycles. The summed E-state index contributed by atoms with van der Waals surface area (Å²) in [7, 11) is 0. The van der Waals surface area contributed by atoms with Crippen LogP contribution in [0.5, 0.6) is 0 Å². The van der Waals surface area contributed by atoms with Gasteiger partial charge in [-0.05, 0) is 24.3 Å². The van der Waals surface area contributed by atoms with Crippen LogP contribution in [0.15, 0.2) is 36.0 Å². The summed E-state index contributed by atoms with van der Waals surface area (Å²) in [6, 6.07) is 7.27. The zero-order valence-electron chi connectivity index (χ0n) is 8.00. The molecule has 0 amide bonds. The van der Waals surface area contributed by atoms with Crippen LogP contribution in [0.25, 0.3) is 0 Å². The molecule has 0 radical (unpaired) electrons. The number of hydrogen-bond donors (Lipinski definition) is 1. The highest BCUT2D eigenvalue weighted by Gasteiger charge is 2.17. The highest BCUT2D eigenvalue weighted by molar-refractivity contribution is 6.30. The molecule has 0 atom stereocenters. The highest BCUT2D eigenvalue weighted by Crippen LogP contribution is 2.16. The molecule has 0 saturated carbocycles. The van der Waals surface area contributed by atoms with Crippen molar-refractivity contribution in [2.75, 3.05) is 11.9 Å². The highest BCUT2D eigenvalue weighted by atomic mass is 35.5. The number of carbonyl (C=O) groups is 1. The standard InChI is InChI=1S/C11H10ClNO2/c12-9-1-3-10(4-2-9)13-7-8-5-6-15-11(8)14/h1-4,7,13H,5-6H2/b8-7+. The van der Waals surface area contributed by atoms with Gasteiger partial charge in [0.05, 0.1) is 12.2 Å². The second kappa shape index (κ2) is 4.36. The van der Waals surface area contributed by atoms with Crippen LogP contribution < -0.4 is 5.32 Å². The van der Waals surface area contributed by atoms with Gasteiger partial charge in [-0.25, -0.2) is 4.79 Å². The molecule has 78 valence electrons. The van der Waals surface area contributed by atoms with Crippen LogP contribution in [-0.4, -0.2) is 12.6 Å². The molecule has 4 heteroatoms. The van der Waals surface area contributed by atoms with Crippen LogP contribution in [0.3, 0.4) is 0 Å². The summed E-state index contributed by atoms with van der Waals surface area (Å²) in [6.45, 7) is 0.479. The molecule has 1 aromatic rings. The van der Waals surface area contributed by atoms with Crippen molar-refractivity contribution in [1.82, 2.24) is 0 Å². The van der Waals surface area contributed by atoms with E-state index in [0.717, 1.165) is 5.69 Å². The topological polar surface area (TPSA) is 38.3 Å². The fourth-order valence-electron chi connectivity index (χ4n) is 1.30. The fourth-order valence-corrected chi connectivity index (χ4v) is 1.42. The Morgan fingerprint density at radius 1 is 1.33 bits per heavy atom. The minimum Gasteiger partial charge on any atom is -0.462 e. The van der Waals surface area contributed by atoms with E-state index in [0.29, 0.717) is 23.6 Å². The lowest BCUT2D eigenvalue weighted by Crippen LogP contribution is -1.98. The van der Waals surface area contributed by atoms with E-state index in [4.69, 9.17) is 16.3 Å². The third-order valence-corrected chi connectivity index (χ3v) is 2.38. The fraction of sp³-hybridized carbons (Fsp3) is 0.182. The molecule has 2 rings (SSSR count). The molecule has 3 nitrogen and oxygen atoms in total. The predicted molar refractivity (Wildman–Crippen MR) is 58.7 cm³/mol. The largest absolute Gasteiger partial charge is 0.462 e. The van der Waals surface area contributed by atoms with Crippen molar-refractivity contribution in [3.63, 3.8) is 0 Å². The molecule has 1 fully saturated rings. The number of carbonyl (C=O) groups excluding carboxylic acids is 1. The Bertz CT molecular complexity index is 398. The van der Waals surface area contributed by atoms with Crippen molar-refractivity contribution >= 4 is 23.3 Å². The second-order valence-corrected chi connectivity index (χ2v) is 3.64. The van der Waals surface area contributed by atoms with Crippen molar-refractivity contribution in [3.05, 3.63) is 41.1 Å². The van der Waals surface area contributed by atoms with Crippen LogP contribution in [0.1, 0.15) is 6.42 Å². The first-order valence-electron chi connectivity index (χ1n) is 4.64. The number of nitrogens with one attached hydrogen (secondary N) is 1. The molecule has 1 heterocycles. The van der Waals surface area contributed by atoms with Gasteiger partial charge in [-0.2, -0.15) is 0 Å². The maximum atomic E-state index is 11.1. The van der Waals surface area contributed by atoms with Crippen molar-refractivity contribution in [3.8, 4) is 0 Å². The lowest BCUT2D eigenvalue weighted by molar-refractivity contribution is -0.135. The quantitative estimate of drug-likeness (QED) is 0.619. The van der Waals surface area contributed by atoms with Crippen molar-refractivity contribution in [2.24, 2.45) is 0 Å². The molecule has 0 unspecified atom stereocenters. The van der Waals surface area contributed by atoms with Gasteiger partial charge in [0.1, 0.15) is 0 Å². The van der Waals surface area contributed by atoms with Gasteiger partial charge in [-0.1, -0.05) is 11.6 Å². The number of cyclic esters (lactones) is 1. The van der Waals surface area contributed by atoms with Gasteiger partial charge in [-0.15, -0.1) is 0 Å². The van der Waals surface area contributed by atoms with Crippen LogP contribution in [0.4, 0.5) is 5.69 Å². The van der Waals surface area contributed by atoms with Gasteiger partial charge in [0, 0.05) is 23.3 Å². The minimum atomic E-state index is -0.239. The summed E-state index contributed by atoms with van der Waals surface area (Å²) in [5, 5.41) is 3.71. The van der Waals surface area contributed by atoms with Crippen LogP contribution in [-0.2, 0) is 9.53 Å². The van der Waals surface area contributed by atoms with Crippen LogP contribution in [0, 0.1) is 0 Å². The minimum absolute atomic E-state index is 0.239. The van der Waals surface area contributed by atoms with E-state index in [-0.39, 0.29) is 5.97 Å². The summed E-state index contributed by atoms with van der Waals surface area (Å²) in [5.74, 6) is -0.239. The normalized spacial score (nSPS) is 17.9. The van der Waals surface area contributed by atoms with Crippen LogP contribution in [0.2, 0.25) is 5.02 Å². The van der Waals surface area contributed by atoms with Gasteiger partial charge < -0.3 is 10.1 Å². The summed E-state index contributed by atoms with van der Waals surface area (Å²) in [6.07, 6.45) is 2.35. The van der Waals surface area contributed by atoms with Crippen molar-refractivity contribution in [1.29, 1.82) is 0 Å². The molecule has 0 aromatic heterocycles. The molecule has 1 N–H and O–H groups in total. The first kappa shape index (κ1) is 10.1. The molecular formula is C11H10ClNO2. The maximum Gasteiger partial charge on any atom is 0.335 e. The third kappa shape index (κ3) is 2.50. The molecule has 0 bridgehead atoms. The summed E-state index contributed by atoms with van der Waals surface area (Å²) >= 11 is 5.74. The zero-order valence-corrected chi connectivity index (χ0v) is 8.75. The lowest BCUT2D eigenvalue weighted by Gasteiger charge is -2.00. The Kier molecular flexibility index (Phi) is 2.92. The molecular weight excluding hydrogens is 214 g/mol. The monoisotopic (exact) mass is 223 g/mol. The Morgan fingerprint density at radius 2 is 2.07 bits per heavy atom. The van der Waals surface area contributed by atoms with E-state index in [9.17, 15) is 4.79 Å². The summed E-state index contributed by atoms with van der Waals surface area (Å²) in [4.78, 5) is 11.1. The number of benzene rings is 1. The van der Waals surface area contributed by atoms with E-state index < -0.39 is 0 Å². The van der Waals surface area contributed by atoms with E-state index in [1.54, 1.807) is 18.3 Å². The van der Waals surface area contributed by atoms with Gasteiger partial charge >= 0.3 is 5.97 Å². The van der Waals surface area contributed by atoms with Gasteiger partial charge in [0.2, 0.25) is 0 Å². The summed E-state index contributed by atoms with van der Waals surface area (Å²) in [5.41, 5.74) is 1.57. The Labute approximate surface area is 92.7 Å². The second-order valence-electron chi connectivity index (χ2n) is 3.21. The predicted octanol–water partition coefficient (Wildman–Crippen LogP) is 2.58. The number of ether oxygens (including phenoxy) is 1. The van der Waals surface area contributed by atoms with Crippen molar-refractivity contribution in [2.45, 2.75) is 6.42 Å². The first-order chi connectivity index (χ1) is 7.25. The van der Waals surface area contributed by atoms with Crippen LogP contribution >= 0.6 is 11.6 Å². The maximum absolute atomic E-state index is 11.1. The summed E-state index contributed by atoms with van der Waals surface area (Å²) < 4.78 is 4.80.